The van der Waals surface area contributed by atoms with Gasteiger partial charge in [-0.05, 0) is 35.4 Å². The summed E-state index contributed by atoms with van der Waals surface area (Å²) in [6, 6.07) is 24.8. The summed E-state index contributed by atoms with van der Waals surface area (Å²) < 4.78 is 5.67. The number of nitrogens with one attached hydrogen (secondary N) is 1. The van der Waals surface area contributed by atoms with Crippen LogP contribution < -0.4 is 10.5 Å². The van der Waals surface area contributed by atoms with Crippen LogP contribution in [0.4, 0.5) is 0 Å². The molecule has 1 heterocycles. The maximum absolute atomic E-state index is 12.9. The van der Waals surface area contributed by atoms with E-state index < -0.39 is 12.1 Å². The zero-order valence-corrected chi connectivity index (χ0v) is 21.4. The molecule has 0 bridgehead atoms. The molecule has 1 saturated heterocycles. The fraction of sp³-hybridized carbons (Fsp3) is 0.276. The van der Waals surface area contributed by atoms with Gasteiger partial charge in [0.2, 0.25) is 0 Å². The van der Waals surface area contributed by atoms with Crippen molar-refractivity contribution in [2.24, 2.45) is 5.73 Å². The number of aliphatic carboxylic acids is 1. The molecule has 0 spiro atoms. The maximum atomic E-state index is 12.9. The molecule has 3 aromatic rings. The topological polar surface area (TPSA) is 140 Å². The van der Waals surface area contributed by atoms with Gasteiger partial charge in [-0.2, -0.15) is 0 Å². The highest BCUT2D eigenvalue weighted by Crippen LogP contribution is 2.20. The van der Waals surface area contributed by atoms with Gasteiger partial charge in [-0.3, -0.25) is 19.9 Å². The number of carboxylic acid groups (broad SMARTS) is 1. The molecule has 9 nitrogen and oxygen atoms in total. The lowest BCUT2D eigenvalue weighted by Crippen LogP contribution is -2.50. The van der Waals surface area contributed by atoms with Crippen LogP contribution in [0.15, 0.2) is 78.9 Å². The van der Waals surface area contributed by atoms with Crippen molar-refractivity contribution < 1.29 is 24.5 Å². The summed E-state index contributed by atoms with van der Waals surface area (Å²) in [6.45, 7) is 4.34. The highest BCUT2D eigenvalue weighted by atomic mass is 16.5. The van der Waals surface area contributed by atoms with Gasteiger partial charge < -0.3 is 25.6 Å². The second-order valence-corrected chi connectivity index (χ2v) is 8.96. The number of β-amino-alcohol motifs (C(OH)–C–C–N with tert-alkyl or cyclic N) is 1. The Morgan fingerprint density at radius 3 is 2.13 bits per heavy atom. The van der Waals surface area contributed by atoms with Gasteiger partial charge in [-0.1, -0.05) is 54.6 Å². The van der Waals surface area contributed by atoms with Crippen LogP contribution in [0.3, 0.4) is 0 Å². The summed E-state index contributed by atoms with van der Waals surface area (Å²) in [7, 11) is 0. The monoisotopic (exact) mass is 518 g/mol. The smallest absolute Gasteiger partial charge is 0.300 e. The number of nitrogen functional groups attached to an aromatic ring is 1. The van der Waals surface area contributed by atoms with Crippen molar-refractivity contribution in [3.63, 3.8) is 0 Å². The Labute approximate surface area is 222 Å². The number of hydrogen-bond donors (Lipinski definition) is 4. The minimum Gasteiger partial charge on any atom is -0.491 e. The molecular weight excluding hydrogens is 484 g/mol. The summed E-state index contributed by atoms with van der Waals surface area (Å²) in [5, 5.41) is 25.3. The van der Waals surface area contributed by atoms with E-state index in [1.807, 2.05) is 47.4 Å². The molecule has 200 valence electrons. The molecule has 1 aliphatic heterocycles. The highest BCUT2D eigenvalue weighted by molar-refractivity contribution is 5.95. The highest BCUT2D eigenvalue weighted by Gasteiger charge is 2.23. The Hall–Kier alpha value is -4.21. The predicted octanol–water partition coefficient (Wildman–Crippen LogP) is 2.93. The van der Waals surface area contributed by atoms with E-state index >= 15 is 0 Å². The number of rotatable bonds is 8. The van der Waals surface area contributed by atoms with Crippen molar-refractivity contribution in [2.75, 3.05) is 39.3 Å². The zero-order chi connectivity index (χ0) is 27.5. The number of nitrogens with zero attached hydrogens (tertiary/aromatic N) is 2. The number of aliphatic hydroxyl groups excluding tert-OH is 1. The molecule has 1 unspecified atom stereocenters. The number of carbonyl (C=O) groups is 2. The first-order valence-electron chi connectivity index (χ1n) is 12.3. The Morgan fingerprint density at radius 2 is 1.53 bits per heavy atom. The number of aliphatic hydroxyl groups is 1. The van der Waals surface area contributed by atoms with Gasteiger partial charge in [-0.15, -0.1) is 0 Å². The lowest BCUT2D eigenvalue weighted by molar-refractivity contribution is -0.134. The van der Waals surface area contributed by atoms with Gasteiger partial charge in [0.1, 0.15) is 24.3 Å². The maximum Gasteiger partial charge on any atom is 0.300 e. The van der Waals surface area contributed by atoms with Gasteiger partial charge in [0.05, 0.1) is 0 Å². The van der Waals surface area contributed by atoms with E-state index in [1.165, 1.54) is 0 Å². The number of nitrogens with two attached hydrogens (primary N) is 1. The van der Waals surface area contributed by atoms with E-state index in [9.17, 15) is 9.90 Å². The average Bonchev–Trinajstić information content (AvgIpc) is 2.92. The van der Waals surface area contributed by atoms with Gasteiger partial charge in [-0.25, -0.2) is 0 Å². The van der Waals surface area contributed by atoms with Gasteiger partial charge in [0.25, 0.3) is 11.9 Å². The second kappa shape index (κ2) is 13.9. The first kappa shape index (κ1) is 28.4. The molecule has 1 fully saturated rings. The van der Waals surface area contributed by atoms with Crippen LogP contribution >= 0.6 is 0 Å². The summed E-state index contributed by atoms with van der Waals surface area (Å²) in [6.07, 6.45) is -0.659. The van der Waals surface area contributed by atoms with Gasteiger partial charge >= 0.3 is 0 Å². The molecule has 1 aliphatic rings. The molecule has 1 amide bonds. The molecule has 9 heteroatoms. The number of hydrogen-bond acceptors (Lipinski definition) is 6. The largest absolute Gasteiger partial charge is 0.491 e. The van der Waals surface area contributed by atoms with Crippen LogP contribution in [-0.4, -0.2) is 83.2 Å². The molecule has 1 atom stereocenters. The Kier molecular flexibility index (Phi) is 10.4. The third-order valence-electron chi connectivity index (χ3n) is 5.95. The number of amidine groups is 1. The van der Waals surface area contributed by atoms with E-state index in [-0.39, 0.29) is 18.3 Å². The lowest BCUT2D eigenvalue weighted by atomic mass is 10.0. The quantitative estimate of drug-likeness (QED) is 0.265. The van der Waals surface area contributed by atoms with Crippen molar-refractivity contribution in [3.8, 4) is 16.9 Å². The predicted molar refractivity (Wildman–Crippen MR) is 146 cm³/mol. The number of carbonyl (C=O) groups excluding carboxylic acids is 1. The van der Waals surface area contributed by atoms with Crippen molar-refractivity contribution >= 4 is 17.7 Å². The van der Waals surface area contributed by atoms with Crippen LogP contribution in [0.25, 0.3) is 11.1 Å². The number of carboxylic acids is 1. The van der Waals surface area contributed by atoms with Crippen LogP contribution in [-0.2, 0) is 4.79 Å². The van der Waals surface area contributed by atoms with E-state index in [2.05, 4.69) is 17.0 Å². The molecule has 0 aromatic heterocycles. The van der Waals surface area contributed by atoms with Crippen LogP contribution in [0.1, 0.15) is 22.8 Å². The number of benzene rings is 3. The van der Waals surface area contributed by atoms with E-state index in [4.69, 9.17) is 25.8 Å². The average molecular weight is 519 g/mol. The number of ether oxygens (including phenoxy) is 1. The first-order valence-corrected chi connectivity index (χ1v) is 12.3. The van der Waals surface area contributed by atoms with E-state index in [0.717, 1.165) is 18.1 Å². The third kappa shape index (κ3) is 8.72. The van der Waals surface area contributed by atoms with Gasteiger partial charge in [0.15, 0.2) is 0 Å². The molecule has 0 saturated carbocycles. The van der Waals surface area contributed by atoms with Crippen LogP contribution in [0.2, 0.25) is 0 Å². The molecular formula is C29H34N4O5. The standard InChI is InChI=1S/C27H30N4O3.C2H4O2/c28-26(29)23-7-4-8-25(17-23)34-19-24(32)18-30-13-15-31(16-14-30)27(33)22-11-9-21(10-12-22)20-5-2-1-3-6-20;1-2(3)4/h1-12,17,24,32H,13-16,18-19H2,(H3,28,29);1H3,(H,3,4). The van der Waals surface area contributed by atoms with Crippen molar-refractivity contribution in [1.29, 1.82) is 5.41 Å². The fourth-order valence-corrected chi connectivity index (χ4v) is 4.05. The molecule has 38 heavy (non-hydrogen) atoms. The third-order valence-corrected chi connectivity index (χ3v) is 5.95. The SMILES string of the molecule is CC(=O)O.N=C(N)c1cccc(OCC(O)CN2CCN(C(=O)c3ccc(-c4ccccc4)cc3)CC2)c1. The molecule has 4 rings (SSSR count). The fourth-order valence-electron chi connectivity index (χ4n) is 4.05. The molecule has 0 radical (unpaired) electrons. The van der Waals surface area contributed by atoms with Crippen molar-refractivity contribution in [1.82, 2.24) is 9.80 Å². The van der Waals surface area contributed by atoms with Gasteiger partial charge in [0, 0.05) is 50.8 Å². The zero-order valence-electron chi connectivity index (χ0n) is 21.4. The molecule has 5 N–H and O–H groups in total. The summed E-state index contributed by atoms with van der Waals surface area (Å²) in [5.74, 6) is -0.250. The number of amides is 1. The first-order chi connectivity index (χ1) is 18.2. The van der Waals surface area contributed by atoms with E-state index in [0.29, 0.717) is 49.6 Å². The summed E-state index contributed by atoms with van der Waals surface area (Å²) in [5.41, 5.74) is 9.00. The van der Waals surface area contributed by atoms with Crippen molar-refractivity contribution in [3.05, 3.63) is 90.0 Å². The van der Waals surface area contributed by atoms with Crippen LogP contribution in [0, 0.1) is 5.41 Å². The molecule has 3 aromatic carbocycles. The lowest BCUT2D eigenvalue weighted by Gasteiger charge is -2.35. The Bertz CT molecular complexity index is 1210. The van der Waals surface area contributed by atoms with Crippen LogP contribution in [0.5, 0.6) is 5.75 Å². The Balaban J connectivity index is 0.000000934. The van der Waals surface area contributed by atoms with Crippen molar-refractivity contribution in [2.45, 2.75) is 13.0 Å². The summed E-state index contributed by atoms with van der Waals surface area (Å²) in [4.78, 5) is 25.9. The van der Waals surface area contributed by atoms with E-state index in [1.54, 1.807) is 24.3 Å². The minimum absolute atomic E-state index is 0.0226. The number of piperazine rings is 1. The normalized spacial score (nSPS) is 14.1. The Morgan fingerprint density at radius 1 is 0.921 bits per heavy atom. The second-order valence-electron chi connectivity index (χ2n) is 8.96. The summed E-state index contributed by atoms with van der Waals surface area (Å²) >= 11 is 0. The minimum atomic E-state index is -0.833. The molecule has 0 aliphatic carbocycles.